The van der Waals surface area contributed by atoms with Crippen molar-refractivity contribution in [2.75, 3.05) is 19.5 Å². The molecule has 1 amide bonds. The second-order valence-corrected chi connectivity index (χ2v) is 4.60. The number of nitrogens with one attached hydrogen (secondary N) is 1. The topological polar surface area (TPSA) is 85.9 Å². The summed E-state index contributed by atoms with van der Waals surface area (Å²) in [6, 6.07) is 12.2. The van der Waals surface area contributed by atoms with Gasteiger partial charge in [-0.25, -0.2) is 5.43 Å². The summed E-state index contributed by atoms with van der Waals surface area (Å²) in [4.78, 5) is 12.0. The molecule has 0 bridgehead atoms. The number of para-hydroxylation sites is 2. The second kappa shape index (κ2) is 7.84. The molecule has 0 aliphatic heterocycles. The average molecular weight is 313 g/mol. The van der Waals surface area contributed by atoms with Crippen LogP contribution in [-0.2, 0) is 0 Å². The number of rotatable bonds is 6. The number of nitrogens with two attached hydrogens (primary N) is 1. The number of anilines is 1. The minimum atomic E-state index is -0.376. The number of hydrogen-bond donors (Lipinski definition) is 2. The molecule has 3 N–H and O–H groups in total. The van der Waals surface area contributed by atoms with Crippen molar-refractivity contribution in [3.8, 4) is 11.5 Å². The van der Waals surface area contributed by atoms with E-state index >= 15 is 0 Å². The van der Waals surface area contributed by atoms with E-state index in [2.05, 4.69) is 10.5 Å². The molecular weight excluding hydrogens is 294 g/mol. The Bertz CT molecular complexity index is 714. The summed E-state index contributed by atoms with van der Waals surface area (Å²) in [6.45, 7) is 2.42. The minimum absolute atomic E-state index is 0.375. The number of hydrogen-bond acceptors (Lipinski definition) is 5. The zero-order chi connectivity index (χ0) is 16.7. The molecule has 6 heteroatoms. The monoisotopic (exact) mass is 313 g/mol. The molecule has 0 aliphatic carbocycles. The molecule has 0 aliphatic rings. The number of benzene rings is 2. The van der Waals surface area contributed by atoms with Crippen LogP contribution in [0.15, 0.2) is 47.6 Å². The van der Waals surface area contributed by atoms with E-state index in [1.165, 1.54) is 6.21 Å². The normalized spacial score (nSPS) is 10.5. The van der Waals surface area contributed by atoms with E-state index in [0.29, 0.717) is 34.9 Å². The number of amides is 1. The molecule has 0 radical (unpaired) electrons. The maximum atomic E-state index is 12.0. The summed E-state index contributed by atoms with van der Waals surface area (Å²) in [5.74, 6) is 0.809. The van der Waals surface area contributed by atoms with E-state index in [9.17, 15) is 4.79 Å². The van der Waals surface area contributed by atoms with E-state index in [0.717, 1.165) is 0 Å². The van der Waals surface area contributed by atoms with Gasteiger partial charge in [0.15, 0.2) is 11.5 Å². The number of ether oxygens (including phenoxy) is 2. The van der Waals surface area contributed by atoms with Gasteiger partial charge in [-0.15, -0.1) is 0 Å². The first-order chi connectivity index (χ1) is 11.2. The molecule has 6 nitrogen and oxygen atoms in total. The van der Waals surface area contributed by atoms with E-state index < -0.39 is 0 Å². The highest BCUT2D eigenvalue weighted by Crippen LogP contribution is 2.29. The van der Waals surface area contributed by atoms with Crippen molar-refractivity contribution in [2.45, 2.75) is 6.92 Å². The van der Waals surface area contributed by atoms with Crippen LogP contribution in [0, 0.1) is 0 Å². The Morgan fingerprint density at radius 2 is 2.04 bits per heavy atom. The fourth-order valence-corrected chi connectivity index (χ4v) is 2.05. The molecule has 0 saturated carbocycles. The summed E-state index contributed by atoms with van der Waals surface area (Å²) in [6.07, 6.45) is 1.50. The number of methoxy groups -OCH3 is 1. The highest BCUT2D eigenvalue weighted by molar-refractivity contribution is 5.99. The predicted octanol–water partition coefficient (Wildman–Crippen LogP) is 2.44. The lowest BCUT2D eigenvalue weighted by Crippen LogP contribution is -2.19. The third-order valence-electron chi connectivity index (χ3n) is 3.09. The van der Waals surface area contributed by atoms with Crippen LogP contribution in [0.4, 0.5) is 5.69 Å². The van der Waals surface area contributed by atoms with Crippen molar-refractivity contribution < 1.29 is 14.3 Å². The zero-order valence-electron chi connectivity index (χ0n) is 13.1. The molecule has 2 rings (SSSR count). The molecule has 120 valence electrons. The van der Waals surface area contributed by atoms with Crippen LogP contribution < -0.4 is 20.6 Å². The van der Waals surface area contributed by atoms with Crippen LogP contribution in [-0.4, -0.2) is 25.8 Å². The summed E-state index contributed by atoms with van der Waals surface area (Å²) in [5, 5.41) is 3.95. The smallest absolute Gasteiger partial charge is 0.273 e. The lowest BCUT2D eigenvalue weighted by Gasteiger charge is -2.11. The van der Waals surface area contributed by atoms with E-state index in [4.69, 9.17) is 15.2 Å². The molecule has 0 unspecified atom stereocenters. The van der Waals surface area contributed by atoms with Crippen molar-refractivity contribution in [3.05, 3.63) is 53.6 Å². The van der Waals surface area contributed by atoms with Gasteiger partial charge < -0.3 is 15.2 Å². The standard InChI is InChI=1S/C17H19N3O3/c1-3-23-15-10-6-7-12(16(15)22-2)11-19-20-17(21)13-8-4-5-9-14(13)18/h4-11H,3,18H2,1-2H3,(H,20,21)/b19-11-. The van der Waals surface area contributed by atoms with Gasteiger partial charge in [0.25, 0.3) is 5.91 Å². The van der Waals surface area contributed by atoms with Gasteiger partial charge in [-0.3, -0.25) is 4.79 Å². The van der Waals surface area contributed by atoms with Crippen LogP contribution in [0.3, 0.4) is 0 Å². The Morgan fingerprint density at radius 1 is 1.26 bits per heavy atom. The highest BCUT2D eigenvalue weighted by Gasteiger charge is 2.09. The van der Waals surface area contributed by atoms with E-state index in [-0.39, 0.29) is 5.91 Å². The molecule has 0 aromatic heterocycles. The molecule has 0 atom stereocenters. The number of nitrogens with zero attached hydrogens (tertiary/aromatic N) is 1. The SMILES string of the molecule is CCOc1cccc(/C=N\NC(=O)c2ccccc2N)c1OC. The molecule has 0 heterocycles. The van der Waals surface area contributed by atoms with Crippen LogP contribution >= 0.6 is 0 Å². The van der Waals surface area contributed by atoms with E-state index in [1.807, 2.05) is 25.1 Å². The Kier molecular flexibility index (Phi) is 5.57. The molecule has 2 aromatic carbocycles. The molecule has 0 fully saturated rings. The van der Waals surface area contributed by atoms with Gasteiger partial charge in [0.05, 0.1) is 25.5 Å². The molecule has 0 spiro atoms. The van der Waals surface area contributed by atoms with Gasteiger partial charge in [-0.1, -0.05) is 18.2 Å². The van der Waals surface area contributed by atoms with Crippen LogP contribution in [0.1, 0.15) is 22.8 Å². The number of carbonyl (C=O) groups excluding carboxylic acids is 1. The van der Waals surface area contributed by atoms with Crippen molar-refractivity contribution in [1.82, 2.24) is 5.43 Å². The van der Waals surface area contributed by atoms with Crippen molar-refractivity contribution in [1.29, 1.82) is 0 Å². The first-order valence-corrected chi connectivity index (χ1v) is 7.15. The maximum Gasteiger partial charge on any atom is 0.273 e. The summed E-state index contributed by atoms with van der Waals surface area (Å²) < 4.78 is 10.8. The van der Waals surface area contributed by atoms with Gasteiger partial charge in [0.1, 0.15) is 0 Å². The minimum Gasteiger partial charge on any atom is -0.492 e. The summed E-state index contributed by atoms with van der Waals surface area (Å²) >= 11 is 0. The largest absolute Gasteiger partial charge is 0.492 e. The average Bonchev–Trinajstić information content (AvgIpc) is 2.55. The fraction of sp³-hybridized carbons (Fsp3) is 0.176. The Balaban J connectivity index is 2.13. The van der Waals surface area contributed by atoms with Crippen LogP contribution in [0.25, 0.3) is 0 Å². The predicted molar refractivity (Wildman–Crippen MR) is 90.1 cm³/mol. The lowest BCUT2D eigenvalue weighted by molar-refractivity contribution is 0.0956. The third-order valence-corrected chi connectivity index (χ3v) is 3.09. The quantitative estimate of drug-likeness (QED) is 0.487. The molecule has 0 saturated heterocycles. The molecular formula is C17H19N3O3. The van der Waals surface area contributed by atoms with Gasteiger partial charge in [0.2, 0.25) is 0 Å². The van der Waals surface area contributed by atoms with Crippen LogP contribution in [0.5, 0.6) is 11.5 Å². The zero-order valence-corrected chi connectivity index (χ0v) is 13.1. The number of carbonyl (C=O) groups is 1. The molecule has 2 aromatic rings. The van der Waals surface area contributed by atoms with Crippen molar-refractivity contribution in [2.24, 2.45) is 5.10 Å². The van der Waals surface area contributed by atoms with Gasteiger partial charge in [0, 0.05) is 11.3 Å². The van der Waals surface area contributed by atoms with Gasteiger partial charge in [-0.2, -0.15) is 5.10 Å². The molecule has 23 heavy (non-hydrogen) atoms. The summed E-state index contributed by atoms with van der Waals surface area (Å²) in [7, 11) is 1.55. The maximum absolute atomic E-state index is 12.0. The lowest BCUT2D eigenvalue weighted by atomic mass is 10.2. The second-order valence-electron chi connectivity index (χ2n) is 4.60. The third kappa shape index (κ3) is 4.00. The first-order valence-electron chi connectivity index (χ1n) is 7.15. The Labute approximate surface area is 134 Å². The fourth-order valence-electron chi connectivity index (χ4n) is 2.05. The number of hydrazone groups is 1. The number of nitrogen functional groups attached to an aromatic ring is 1. The highest BCUT2D eigenvalue weighted by atomic mass is 16.5. The Hall–Kier alpha value is -3.02. The van der Waals surface area contributed by atoms with Gasteiger partial charge in [-0.05, 0) is 31.2 Å². The summed E-state index contributed by atoms with van der Waals surface area (Å²) in [5.41, 5.74) is 9.67. The van der Waals surface area contributed by atoms with Crippen molar-refractivity contribution in [3.63, 3.8) is 0 Å². The van der Waals surface area contributed by atoms with Crippen molar-refractivity contribution >= 4 is 17.8 Å². The first kappa shape index (κ1) is 16.4. The Morgan fingerprint density at radius 3 is 2.74 bits per heavy atom. The van der Waals surface area contributed by atoms with Crippen LogP contribution in [0.2, 0.25) is 0 Å². The van der Waals surface area contributed by atoms with E-state index in [1.54, 1.807) is 31.4 Å². The van der Waals surface area contributed by atoms with Gasteiger partial charge >= 0.3 is 0 Å².